The zero-order valence-electron chi connectivity index (χ0n) is 42.1. The number of alkyl halides is 2. The Balaban J connectivity index is 1.64. The Morgan fingerprint density at radius 3 is 1.67 bits per heavy atom. The fourth-order valence-electron chi connectivity index (χ4n) is 8.40. The number of hydrogen-bond donors (Lipinski definition) is 2. The number of amides is 2. The maximum atomic E-state index is 15.1. The van der Waals surface area contributed by atoms with Crippen LogP contribution in [0, 0.1) is 0 Å². The molecular formula is C53H83F2N2O10PS. The third kappa shape index (κ3) is 22.6. The first-order chi connectivity index (χ1) is 33.4. The number of hydrogen-bond acceptors (Lipinski definition) is 11. The molecule has 2 atom stereocenters. The molecule has 16 heteroatoms. The molecule has 3 rings (SSSR count). The van der Waals surface area contributed by atoms with Gasteiger partial charge in [0.1, 0.15) is 25.4 Å². The number of fused-ring (bicyclic) bond motifs is 3. The molecule has 0 saturated carbocycles. The quantitative estimate of drug-likeness (QED) is 0.0284. The van der Waals surface area contributed by atoms with Gasteiger partial charge >= 0.3 is 31.3 Å². The molecule has 12 nitrogen and oxygen atoms in total. The fraction of sp³-hybridized carbons (Fsp3) is 0.698. The average molecular weight is 1010 g/mol. The van der Waals surface area contributed by atoms with Gasteiger partial charge in [-0.1, -0.05) is 165 Å². The summed E-state index contributed by atoms with van der Waals surface area (Å²) in [7, 11) is -4.75. The molecule has 2 aromatic carbocycles. The van der Waals surface area contributed by atoms with Crippen LogP contribution in [-0.4, -0.2) is 86.2 Å². The Morgan fingerprint density at radius 1 is 0.652 bits per heavy atom. The van der Waals surface area contributed by atoms with Gasteiger partial charge in [-0.05, 0) is 55.4 Å². The average Bonchev–Trinajstić information content (AvgIpc) is 3.65. The van der Waals surface area contributed by atoms with Gasteiger partial charge in [-0.2, -0.15) is 20.5 Å². The minimum absolute atomic E-state index is 0.00244. The lowest BCUT2D eigenvalue weighted by Crippen LogP contribution is -2.49. The van der Waals surface area contributed by atoms with E-state index in [1.54, 1.807) is 0 Å². The Morgan fingerprint density at radius 2 is 1.14 bits per heavy atom. The van der Waals surface area contributed by atoms with Crippen LogP contribution in [0.1, 0.15) is 186 Å². The molecule has 69 heavy (non-hydrogen) atoms. The van der Waals surface area contributed by atoms with E-state index < -0.39 is 49.8 Å². The molecule has 1 aliphatic carbocycles. The zero-order chi connectivity index (χ0) is 50.2. The van der Waals surface area contributed by atoms with Crippen molar-refractivity contribution in [1.29, 1.82) is 0 Å². The van der Waals surface area contributed by atoms with Crippen molar-refractivity contribution in [2.75, 3.05) is 44.5 Å². The number of ether oxygens (including phenoxy) is 3. The van der Waals surface area contributed by atoms with Crippen LogP contribution < -0.4 is 10.6 Å². The molecule has 0 fully saturated rings. The highest BCUT2D eigenvalue weighted by Gasteiger charge is 2.52. The second kappa shape index (κ2) is 34.7. The van der Waals surface area contributed by atoms with E-state index in [4.69, 9.17) is 23.3 Å². The van der Waals surface area contributed by atoms with Gasteiger partial charge in [-0.3, -0.25) is 18.9 Å². The lowest BCUT2D eigenvalue weighted by molar-refractivity contribution is -0.157. The van der Waals surface area contributed by atoms with Crippen LogP contribution in [0.3, 0.4) is 0 Å². The van der Waals surface area contributed by atoms with E-state index in [9.17, 15) is 23.7 Å². The van der Waals surface area contributed by atoms with Gasteiger partial charge in [0, 0.05) is 43.2 Å². The molecular weight excluding hydrogens is 926 g/mol. The molecule has 0 aliphatic heterocycles. The van der Waals surface area contributed by atoms with Gasteiger partial charge in [0.2, 0.25) is 5.91 Å². The van der Waals surface area contributed by atoms with E-state index in [-0.39, 0.29) is 75.6 Å². The number of halogens is 2. The van der Waals surface area contributed by atoms with Crippen molar-refractivity contribution in [3.63, 3.8) is 0 Å². The smallest absolute Gasteiger partial charge is 0.407 e. The highest BCUT2D eigenvalue weighted by molar-refractivity contribution is 7.99. The van der Waals surface area contributed by atoms with Crippen molar-refractivity contribution in [3.05, 3.63) is 59.7 Å². The molecule has 2 aromatic rings. The number of rotatable bonds is 40. The number of unbranched alkanes of at least 4 members (excludes halogenated alkanes) is 16. The van der Waals surface area contributed by atoms with Gasteiger partial charge in [0.05, 0.1) is 13.2 Å². The van der Waals surface area contributed by atoms with Crippen molar-refractivity contribution >= 4 is 43.3 Å². The van der Waals surface area contributed by atoms with E-state index >= 15 is 8.78 Å². The highest BCUT2D eigenvalue weighted by atomic mass is 32.2. The summed E-state index contributed by atoms with van der Waals surface area (Å²) in [6.45, 7) is 6.44. The van der Waals surface area contributed by atoms with Crippen molar-refractivity contribution in [3.8, 4) is 11.1 Å². The SMILES string of the molecule is CCCCCCCCCCCC(=O)OC[C@H](CSC[C@H](NC(=O)OCC1c2ccccc2-c2ccccc21)C(=O)NCCCC(F)(F)P(=O)(OCC)OCC)OC(=O)CCCCCCCCCCC. The monoisotopic (exact) mass is 1010 g/mol. The predicted molar refractivity (Wildman–Crippen MR) is 272 cm³/mol. The van der Waals surface area contributed by atoms with Gasteiger partial charge in [0.25, 0.3) is 0 Å². The summed E-state index contributed by atoms with van der Waals surface area (Å²) in [6.07, 6.45) is 17.6. The first kappa shape index (κ1) is 59.8. The molecule has 0 radical (unpaired) electrons. The summed E-state index contributed by atoms with van der Waals surface area (Å²) < 4.78 is 70.0. The number of esters is 2. The lowest BCUT2D eigenvalue weighted by Gasteiger charge is -2.26. The Hall–Kier alpha value is -3.52. The largest absolute Gasteiger partial charge is 0.462 e. The number of benzene rings is 2. The molecule has 390 valence electrons. The second-order valence-corrected chi connectivity index (χ2v) is 21.1. The van der Waals surface area contributed by atoms with E-state index in [0.29, 0.717) is 12.8 Å². The zero-order valence-corrected chi connectivity index (χ0v) is 43.8. The second-order valence-electron chi connectivity index (χ2n) is 17.9. The fourth-order valence-corrected chi connectivity index (χ4v) is 11.0. The maximum absolute atomic E-state index is 15.1. The number of carbonyl (C=O) groups excluding carboxylic acids is 4. The molecule has 2 N–H and O–H groups in total. The molecule has 0 unspecified atom stereocenters. The Bertz CT molecular complexity index is 1780. The van der Waals surface area contributed by atoms with Crippen LogP contribution >= 0.6 is 19.4 Å². The number of carbonyl (C=O) groups is 4. The van der Waals surface area contributed by atoms with Crippen LogP contribution in [-0.2, 0) is 42.2 Å². The highest BCUT2D eigenvalue weighted by Crippen LogP contribution is 2.63. The summed E-state index contributed by atoms with van der Waals surface area (Å²) in [5.41, 5.74) is 0.337. The van der Waals surface area contributed by atoms with Gasteiger partial charge in [-0.15, -0.1) is 0 Å². The van der Waals surface area contributed by atoms with Crippen molar-refractivity contribution in [2.24, 2.45) is 0 Å². The summed E-state index contributed by atoms with van der Waals surface area (Å²) in [5.74, 6) is -1.55. The summed E-state index contributed by atoms with van der Waals surface area (Å²) in [4.78, 5) is 53.1. The van der Waals surface area contributed by atoms with Gasteiger partial charge in [-0.25, -0.2) is 4.79 Å². The molecule has 1 aliphatic rings. The molecule has 0 aromatic heterocycles. The lowest BCUT2D eigenvalue weighted by atomic mass is 9.98. The van der Waals surface area contributed by atoms with E-state index in [2.05, 4.69) is 24.5 Å². The molecule has 0 heterocycles. The number of nitrogens with one attached hydrogen (secondary N) is 2. The minimum Gasteiger partial charge on any atom is -0.462 e. The van der Waals surface area contributed by atoms with Crippen LogP contribution in [0.25, 0.3) is 11.1 Å². The third-order valence-electron chi connectivity index (χ3n) is 12.2. The van der Waals surface area contributed by atoms with Crippen LogP contribution in [0.5, 0.6) is 0 Å². The normalized spacial score (nSPS) is 13.3. The number of alkyl carbamates (subject to hydrolysis) is 1. The van der Waals surface area contributed by atoms with Gasteiger partial charge in [0.15, 0.2) is 0 Å². The van der Waals surface area contributed by atoms with Crippen molar-refractivity contribution < 1.29 is 55.8 Å². The third-order valence-corrected chi connectivity index (χ3v) is 15.6. The Kier molecular flexibility index (Phi) is 30.1. The Labute approximate surface area is 416 Å². The van der Waals surface area contributed by atoms with Crippen molar-refractivity contribution in [2.45, 2.75) is 193 Å². The van der Waals surface area contributed by atoms with E-state index in [0.717, 1.165) is 60.8 Å². The summed E-state index contributed by atoms with van der Waals surface area (Å²) in [5, 5.41) is 5.28. The topological polar surface area (TPSA) is 156 Å². The molecule has 0 saturated heterocycles. The van der Waals surface area contributed by atoms with Crippen LogP contribution in [0.2, 0.25) is 0 Å². The van der Waals surface area contributed by atoms with Crippen molar-refractivity contribution in [1.82, 2.24) is 10.6 Å². The summed E-state index contributed by atoms with van der Waals surface area (Å²) >= 11 is 1.20. The van der Waals surface area contributed by atoms with Gasteiger partial charge < -0.3 is 33.9 Å². The predicted octanol–water partition coefficient (Wildman–Crippen LogP) is 13.7. The maximum Gasteiger partial charge on any atom is 0.407 e. The standard InChI is InChI=1S/C53H83F2N2O10PS/c1-5-9-11-13-15-17-19-21-23-34-49(58)63-38-42(67-50(59)35-24-22-20-18-16-14-12-10-6-2)40-69-41-48(51(60)56-37-29-36-53(54,55)68(62,65-7-3)66-8-4)57-52(61)64-39-47-45-32-27-25-30-43(45)44-31-26-28-33-46(44)47/h25-28,30-33,42,47-48H,5-24,29,34-41H2,1-4H3,(H,56,60)(H,57,61)/t42-,48+/m1/s1. The first-order valence-electron chi connectivity index (χ1n) is 26.0. The number of thioether (sulfide) groups is 1. The van der Waals surface area contributed by atoms with Crippen LogP contribution in [0.4, 0.5) is 13.6 Å². The molecule has 2 amide bonds. The molecule has 0 spiro atoms. The molecule has 0 bridgehead atoms. The summed E-state index contributed by atoms with van der Waals surface area (Å²) in [6, 6.07) is 14.6. The van der Waals surface area contributed by atoms with E-state index in [1.807, 2.05) is 48.5 Å². The van der Waals surface area contributed by atoms with E-state index in [1.165, 1.54) is 89.8 Å². The minimum atomic E-state index is -4.75. The first-order valence-corrected chi connectivity index (χ1v) is 28.7. The van der Waals surface area contributed by atoms with Crippen LogP contribution in [0.15, 0.2) is 48.5 Å².